The summed E-state index contributed by atoms with van der Waals surface area (Å²) in [6.45, 7) is 9.05. The predicted molar refractivity (Wildman–Crippen MR) is 63.5 cm³/mol. The Kier molecular flexibility index (Phi) is 3.84. The van der Waals surface area contributed by atoms with Gasteiger partial charge < -0.3 is 5.73 Å². The second kappa shape index (κ2) is 4.71. The number of hydrogen-bond donors (Lipinski definition) is 1. The van der Waals surface area contributed by atoms with Crippen LogP contribution in [-0.4, -0.2) is 11.5 Å². The van der Waals surface area contributed by atoms with Crippen LogP contribution in [0.3, 0.4) is 0 Å². The minimum Gasteiger partial charge on any atom is -0.327 e. The zero-order chi connectivity index (χ0) is 10.7. The molecule has 0 radical (unpaired) electrons. The van der Waals surface area contributed by atoms with Crippen LogP contribution in [0.25, 0.3) is 6.08 Å². The molecule has 1 aromatic rings. The highest BCUT2D eigenvalue weighted by atomic mass is 32.1. The molecule has 0 fully saturated rings. The van der Waals surface area contributed by atoms with E-state index in [-0.39, 0.29) is 0 Å². The van der Waals surface area contributed by atoms with Crippen molar-refractivity contribution in [2.45, 2.75) is 27.7 Å². The molecule has 1 aromatic heterocycles. The molecule has 0 aliphatic heterocycles. The maximum absolute atomic E-state index is 5.69. The molecule has 3 heteroatoms. The van der Waals surface area contributed by atoms with Crippen molar-refractivity contribution in [1.82, 2.24) is 4.98 Å². The molecule has 78 valence electrons. The third-order valence-corrected chi connectivity index (χ3v) is 3.25. The van der Waals surface area contributed by atoms with Gasteiger partial charge in [-0.25, -0.2) is 4.98 Å². The average Bonchev–Trinajstić information content (AvgIpc) is 2.40. The molecule has 0 saturated carbocycles. The molecule has 14 heavy (non-hydrogen) atoms. The van der Waals surface area contributed by atoms with Crippen LogP contribution in [0.1, 0.15) is 29.4 Å². The number of nitrogens with two attached hydrogens (primary N) is 1. The number of nitrogens with zero attached hydrogens (tertiary/aromatic N) is 1. The first-order valence-corrected chi connectivity index (χ1v) is 5.70. The van der Waals surface area contributed by atoms with E-state index >= 15 is 0 Å². The molecule has 0 aliphatic carbocycles. The van der Waals surface area contributed by atoms with Crippen molar-refractivity contribution in [3.05, 3.63) is 21.2 Å². The van der Waals surface area contributed by atoms with Crippen molar-refractivity contribution in [2.24, 2.45) is 11.7 Å². The average molecular weight is 210 g/mol. The van der Waals surface area contributed by atoms with Gasteiger partial charge in [-0.05, 0) is 25.8 Å². The van der Waals surface area contributed by atoms with Crippen LogP contribution in [0, 0.1) is 19.8 Å². The number of hydrogen-bond acceptors (Lipinski definition) is 3. The van der Waals surface area contributed by atoms with Crippen LogP contribution in [0.2, 0.25) is 0 Å². The second-order valence-electron chi connectivity index (χ2n) is 3.76. The smallest absolute Gasteiger partial charge is 0.0903 e. The predicted octanol–water partition coefficient (Wildman–Crippen LogP) is 2.76. The quantitative estimate of drug-likeness (QED) is 0.833. The Balaban J connectivity index is 3.00. The first-order chi connectivity index (χ1) is 6.54. The fourth-order valence-corrected chi connectivity index (χ4v) is 2.22. The summed E-state index contributed by atoms with van der Waals surface area (Å²) in [4.78, 5) is 5.64. The van der Waals surface area contributed by atoms with E-state index in [1.54, 1.807) is 11.3 Å². The van der Waals surface area contributed by atoms with E-state index in [2.05, 4.69) is 24.9 Å². The van der Waals surface area contributed by atoms with E-state index in [0.717, 1.165) is 10.7 Å². The van der Waals surface area contributed by atoms with Crippen molar-refractivity contribution in [3.63, 3.8) is 0 Å². The highest BCUT2D eigenvalue weighted by molar-refractivity contribution is 7.12. The van der Waals surface area contributed by atoms with Gasteiger partial charge in [-0.2, -0.15) is 0 Å². The molecule has 1 rings (SSSR count). The lowest BCUT2D eigenvalue weighted by Crippen LogP contribution is -2.07. The molecule has 2 nitrogen and oxygen atoms in total. The third-order valence-electron chi connectivity index (χ3n) is 2.23. The van der Waals surface area contributed by atoms with Crippen LogP contribution in [0.4, 0.5) is 0 Å². The SMILES string of the molecule is Cc1nc(C)c(C=C(CN)C(C)C)s1. The van der Waals surface area contributed by atoms with Gasteiger partial charge in [0.15, 0.2) is 0 Å². The Morgan fingerprint density at radius 1 is 1.50 bits per heavy atom. The topological polar surface area (TPSA) is 38.9 Å². The van der Waals surface area contributed by atoms with Gasteiger partial charge in [0.05, 0.1) is 15.6 Å². The van der Waals surface area contributed by atoms with Gasteiger partial charge >= 0.3 is 0 Å². The summed E-state index contributed by atoms with van der Waals surface area (Å²) >= 11 is 1.73. The van der Waals surface area contributed by atoms with Crippen LogP contribution >= 0.6 is 11.3 Å². The Bertz CT molecular complexity index is 337. The number of rotatable bonds is 3. The third kappa shape index (κ3) is 2.66. The highest BCUT2D eigenvalue weighted by Crippen LogP contribution is 2.22. The normalized spacial score (nSPS) is 12.6. The fourth-order valence-electron chi connectivity index (χ4n) is 1.31. The summed E-state index contributed by atoms with van der Waals surface area (Å²) in [5, 5.41) is 1.12. The van der Waals surface area contributed by atoms with Gasteiger partial charge in [-0.3, -0.25) is 0 Å². The highest BCUT2D eigenvalue weighted by Gasteiger charge is 2.05. The standard InChI is InChI=1S/C11H18N2S/c1-7(2)10(6-12)5-11-8(3)13-9(4)14-11/h5,7H,6,12H2,1-4H3. The maximum Gasteiger partial charge on any atom is 0.0903 e. The zero-order valence-corrected chi connectivity index (χ0v) is 10.1. The van der Waals surface area contributed by atoms with Gasteiger partial charge in [0.1, 0.15) is 0 Å². The molecule has 0 bridgehead atoms. The lowest BCUT2D eigenvalue weighted by atomic mass is 10.0. The van der Waals surface area contributed by atoms with Crippen LogP contribution in [0.5, 0.6) is 0 Å². The molecule has 0 atom stereocenters. The second-order valence-corrected chi connectivity index (χ2v) is 5.00. The van der Waals surface area contributed by atoms with Gasteiger partial charge in [-0.1, -0.05) is 19.4 Å². The zero-order valence-electron chi connectivity index (χ0n) is 9.29. The first kappa shape index (κ1) is 11.4. The summed E-state index contributed by atoms with van der Waals surface area (Å²) in [5.74, 6) is 0.516. The Morgan fingerprint density at radius 3 is 2.50 bits per heavy atom. The molecule has 0 aromatic carbocycles. The minimum absolute atomic E-state index is 0.516. The summed E-state index contributed by atoms with van der Waals surface area (Å²) in [6.07, 6.45) is 2.19. The molecule has 0 amide bonds. The van der Waals surface area contributed by atoms with Crippen molar-refractivity contribution >= 4 is 17.4 Å². The summed E-state index contributed by atoms with van der Waals surface area (Å²) < 4.78 is 0. The largest absolute Gasteiger partial charge is 0.327 e. The van der Waals surface area contributed by atoms with E-state index in [0.29, 0.717) is 12.5 Å². The van der Waals surface area contributed by atoms with Crippen LogP contribution in [0.15, 0.2) is 5.57 Å². The summed E-state index contributed by atoms with van der Waals surface area (Å²) in [6, 6.07) is 0. The molecule has 0 saturated heterocycles. The van der Waals surface area contributed by atoms with Gasteiger partial charge in [0.2, 0.25) is 0 Å². The number of thiazole rings is 1. The monoisotopic (exact) mass is 210 g/mol. The number of aryl methyl sites for hydroxylation is 2. The molecule has 1 heterocycles. The Hall–Kier alpha value is -0.670. The van der Waals surface area contributed by atoms with E-state index in [1.807, 2.05) is 13.8 Å². The molecular formula is C11H18N2S. The first-order valence-electron chi connectivity index (χ1n) is 4.89. The molecule has 0 unspecified atom stereocenters. The summed E-state index contributed by atoms with van der Waals surface area (Å²) in [5.41, 5.74) is 8.09. The maximum atomic E-state index is 5.69. The van der Waals surface area contributed by atoms with E-state index in [1.165, 1.54) is 10.5 Å². The fraction of sp³-hybridized carbons (Fsp3) is 0.545. The minimum atomic E-state index is 0.516. The Morgan fingerprint density at radius 2 is 2.14 bits per heavy atom. The van der Waals surface area contributed by atoms with Crippen LogP contribution < -0.4 is 5.73 Å². The van der Waals surface area contributed by atoms with E-state index in [9.17, 15) is 0 Å². The molecule has 0 aliphatic rings. The van der Waals surface area contributed by atoms with Crippen molar-refractivity contribution in [3.8, 4) is 0 Å². The summed E-state index contributed by atoms with van der Waals surface area (Å²) in [7, 11) is 0. The Labute approximate surface area is 89.9 Å². The van der Waals surface area contributed by atoms with E-state index in [4.69, 9.17) is 5.73 Å². The van der Waals surface area contributed by atoms with Crippen molar-refractivity contribution < 1.29 is 0 Å². The van der Waals surface area contributed by atoms with Gasteiger partial charge in [-0.15, -0.1) is 11.3 Å². The lowest BCUT2D eigenvalue weighted by Gasteiger charge is -2.07. The van der Waals surface area contributed by atoms with Gasteiger partial charge in [0, 0.05) is 6.54 Å². The van der Waals surface area contributed by atoms with Crippen molar-refractivity contribution in [1.29, 1.82) is 0 Å². The van der Waals surface area contributed by atoms with Crippen molar-refractivity contribution in [2.75, 3.05) is 6.54 Å². The number of aromatic nitrogens is 1. The molecular weight excluding hydrogens is 192 g/mol. The van der Waals surface area contributed by atoms with E-state index < -0.39 is 0 Å². The molecule has 0 spiro atoms. The van der Waals surface area contributed by atoms with Crippen LogP contribution in [-0.2, 0) is 0 Å². The molecule has 2 N–H and O–H groups in total. The lowest BCUT2D eigenvalue weighted by molar-refractivity contribution is 0.753. The van der Waals surface area contributed by atoms with Gasteiger partial charge in [0.25, 0.3) is 0 Å².